The van der Waals surface area contributed by atoms with Crippen molar-refractivity contribution in [3.8, 4) is 0 Å². The summed E-state index contributed by atoms with van der Waals surface area (Å²) in [6.07, 6.45) is 4.12. The fourth-order valence-corrected chi connectivity index (χ4v) is 5.40. The highest BCUT2D eigenvalue weighted by Gasteiger charge is 2.34. The van der Waals surface area contributed by atoms with Gasteiger partial charge in [0.1, 0.15) is 0 Å². The number of rotatable bonds is 4. The third-order valence-corrected chi connectivity index (χ3v) is 6.26. The Kier molecular flexibility index (Phi) is 4.24. The molecule has 0 unspecified atom stereocenters. The average molecular weight is 318 g/mol. The van der Waals surface area contributed by atoms with Crippen LogP contribution in [0.25, 0.3) is 10.8 Å². The zero-order valence-electron chi connectivity index (χ0n) is 12.7. The van der Waals surface area contributed by atoms with Gasteiger partial charge in [-0.1, -0.05) is 61.7 Å². The number of sulfone groups is 1. The zero-order chi connectivity index (χ0) is 15.6. The van der Waals surface area contributed by atoms with Gasteiger partial charge in [-0.25, -0.2) is 8.42 Å². The van der Waals surface area contributed by atoms with E-state index in [0.717, 1.165) is 35.6 Å². The largest absolute Gasteiger partial charge is 0.389 e. The van der Waals surface area contributed by atoms with E-state index in [4.69, 9.17) is 0 Å². The number of aliphatic hydroxyl groups is 1. The molecule has 4 heteroatoms. The van der Waals surface area contributed by atoms with Crippen LogP contribution in [0.1, 0.15) is 37.7 Å². The molecule has 0 amide bonds. The fraction of sp³-hybridized carbons (Fsp3) is 0.444. The van der Waals surface area contributed by atoms with Gasteiger partial charge >= 0.3 is 0 Å². The Morgan fingerprint density at radius 2 is 1.64 bits per heavy atom. The summed E-state index contributed by atoms with van der Waals surface area (Å²) in [4.78, 5) is 0. The first-order valence-corrected chi connectivity index (χ1v) is 9.69. The van der Waals surface area contributed by atoms with Gasteiger partial charge in [0.2, 0.25) is 0 Å². The molecular formula is C18H22O3S. The molecule has 0 aromatic heterocycles. The van der Waals surface area contributed by atoms with E-state index < -0.39 is 15.4 Å². The van der Waals surface area contributed by atoms with Crippen molar-refractivity contribution in [2.45, 2.75) is 43.5 Å². The summed E-state index contributed by atoms with van der Waals surface area (Å²) in [7, 11) is -3.33. The molecule has 22 heavy (non-hydrogen) atoms. The molecule has 1 aliphatic carbocycles. The highest BCUT2D eigenvalue weighted by molar-refractivity contribution is 7.90. The van der Waals surface area contributed by atoms with Crippen molar-refractivity contribution in [2.75, 3.05) is 5.75 Å². The molecule has 1 fully saturated rings. The molecular weight excluding hydrogens is 296 g/mol. The van der Waals surface area contributed by atoms with E-state index >= 15 is 0 Å². The van der Waals surface area contributed by atoms with Crippen LogP contribution in [0.3, 0.4) is 0 Å². The first-order chi connectivity index (χ1) is 10.5. The Balaban J connectivity index is 1.84. The minimum absolute atomic E-state index is 0.00331. The summed E-state index contributed by atoms with van der Waals surface area (Å²) in [5, 5.41) is 12.5. The number of fused-ring (bicyclic) bond motifs is 1. The smallest absolute Gasteiger partial charge is 0.157 e. The van der Waals surface area contributed by atoms with Crippen molar-refractivity contribution >= 4 is 20.6 Å². The first kappa shape index (κ1) is 15.5. The predicted octanol–water partition coefficient (Wildman–Crippen LogP) is 3.45. The topological polar surface area (TPSA) is 54.4 Å². The third kappa shape index (κ3) is 3.50. The van der Waals surface area contributed by atoms with E-state index in [0.29, 0.717) is 12.8 Å². The van der Waals surface area contributed by atoms with Gasteiger partial charge in [-0.3, -0.25) is 0 Å². The molecule has 0 atom stereocenters. The summed E-state index contributed by atoms with van der Waals surface area (Å²) in [5.74, 6) is -0.125. The minimum Gasteiger partial charge on any atom is -0.389 e. The standard InChI is InChI=1S/C18H22O3S/c19-18(11-4-1-5-12-18)14-22(20,21)13-16-9-6-8-15-7-2-3-10-17(15)16/h2-3,6-10,19H,1,4-5,11-14H2. The monoisotopic (exact) mass is 318 g/mol. The van der Waals surface area contributed by atoms with Crippen LogP contribution in [0.5, 0.6) is 0 Å². The molecule has 0 aliphatic heterocycles. The summed E-state index contributed by atoms with van der Waals surface area (Å²) in [6, 6.07) is 13.6. The Bertz CT molecular complexity index is 754. The molecule has 0 heterocycles. The third-order valence-electron chi connectivity index (χ3n) is 4.53. The van der Waals surface area contributed by atoms with Crippen molar-refractivity contribution in [3.05, 3.63) is 48.0 Å². The Morgan fingerprint density at radius 3 is 2.41 bits per heavy atom. The van der Waals surface area contributed by atoms with Gasteiger partial charge in [0, 0.05) is 0 Å². The van der Waals surface area contributed by atoms with E-state index in [1.807, 2.05) is 42.5 Å². The summed E-state index contributed by atoms with van der Waals surface area (Å²) in [6.45, 7) is 0. The summed E-state index contributed by atoms with van der Waals surface area (Å²) in [5.41, 5.74) is -0.209. The van der Waals surface area contributed by atoms with E-state index in [9.17, 15) is 13.5 Å². The van der Waals surface area contributed by atoms with Crippen LogP contribution in [-0.4, -0.2) is 24.9 Å². The molecule has 3 nitrogen and oxygen atoms in total. The van der Waals surface area contributed by atoms with Crippen LogP contribution in [0.2, 0.25) is 0 Å². The van der Waals surface area contributed by atoms with Crippen LogP contribution in [0, 0.1) is 0 Å². The second kappa shape index (κ2) is 6.01. The molecule has 0 saturated heterocycles. The normalized spacial score (nSPS) is 18.4. The number of hydrogen-bond acceptors (Lipinski definition) is 3. The van der Waals surface area contributed by atoms with Crippen molar-refractivity contribution in [1.29, 1.82) is 0 Å². The molecule has 0 bridgehead atoms. The SMILES string of the molecule is O=S(=O)(Cc1cccc2ccccc12)CC1(O)CCCCC1. The average Bonchev–Trinajstić information content (AvgIpc) is 2.47. The van der Waals surface area contributed by atoms with Gasteiger partial charge in [-0.15, -0.1) is 0 Å². The van der Waals surface area contributed by atoms with Crippen molar-refractivity contribution in [2.24, 2.45) is 0 Å². The Morgan fingerprint density at radius 1 is 0.955 bits per heavy atom. The molecule has 0 spiro atoms. The zero-order valence-corrected chi connectivity index (χ0v) is 13.5. The van der Waals surface area contributed by atoms with Crippen LogP contribution >= 0.6 is 0 Å². The lowest BCUT2D eigenvalue weighted by atomic mass is 9.86. The lowest BCUT2D eigenvalue weighted by molar-refractivity contribution is 0.0257. The van der Waals surface area contributed by atoms with Gasteiger partial charge in [-0.05, 0) is 29.2 Å². The quantitative estimate of drug-likeness (QED) is 0.939. The number of benzene rings is 2. The highest BCUT2D eigenvalue weighted by atomic mass is 32.2. The van der Waals surface area contributed by atoms with Crippen LogP contribution in [0.4, 0.5) is 0 Å². The van der Waals surface area contributed by atoms with Crippen LogP contribution in [0.15, 0.2) is 42.5 Å². The molecule has 1 saturated carbocycles. The molecule has 2 aromatic rings. The van der Waals surface area contributed by atoms with Crippen LogP contribution < -0.4 is 0 Å². The van der Waals surface area contributed by atoms with Gasteiger partial charge < -0.3 is 5.11 Å². The first-order valence-electron chi connectivity index (χ1n) is 7.87. The van der Waals surface area contributed by atoms with E-state index in [1.165, 1.54) is 0 Å². The maximum absolute atomic E-state index is 12.6. The molecule has 3 rings (SSSR count). The fourth-order valence-electron chi connectivity index (χ4n) is 3.47. The van der Waals surface area contributed by atoms with Crippen molar-refractivity contribution in [1.82, 2.24) is 0 Å². The minimum atomic E-state index is -3.33. The van der Waals surface area contributed by atoms with E-state index in [2.05, 4.69) is 0 Å². The highest BCUT2D eigenvalue weighted by Crippen LogP contribution is 2.30. The summed E-state index contributed by atoms with van der Waals surface area (Å²) < 4.78 is 25.1. The van der Waals surface area contributed by atoms with Crippen molar-refractivity contribution < 1.29 is 13.5 Å². The predicted molar refractivity (Wildman–Crippen MR) is 89.5 cm³/mol. The van der Waals surface area contributed by atoms with E-state index in [-0.39, 0.29) is 11.5 Å². The molecule has 118 valence electrons. The Hall–Kier alpha value is -1.39. The lowest BCUT2D eigenvalue weighted by Gasteiger charge is -2.31. The maximum atomic E-state index is 12.6. The molecule has 0 radical (unpaired) electrons. The summed E-state index contributed by atoms with van der Waals surface area (Å²) >= 11 is 0. The van der Waals surface area contributed by atoms with Crippen molar-refractivity contribution in [3.63, 3.8) is 0 Å². The second-order valence-corrected chi connectivity index (χ2v) is 8.52. The van der Waals surface area contributed by atoms with Gasteiger partial charge in [0.05, 0.1) is 17.1 Å². The molecule has 1 aliphatic rings. The second-order valence-electron chi connectivity index (χ2n) is 6.46. The lowest BCUT2D eigenvalue weighted by Crippen LogP contribution is -2.39. The molecule has 2 aromatic carbocycles. The molecule has 1 N–H and O–H groups in total. The van der Waals surface area contributed by atoms with E-state index in [1.54, 1.807) is 0 Å². The van der Waals surface area contributed by atoms with Crippen LogP contribution in [-0.2, 0) is 15.6 Å². The maximum Gasteiger partial charge on any atom is 0.157 e. The van der Waals surface area contributed by atoms with Gasteiger partial charge in [0.15, 0.2) is 9.84 Å². The Labute approximate surface area is 131 Å². The number of hydrogen-bond donors (Lipinski definition) is 1. The van der Waals surface area contributed by atoms with Gasteiger partial charge in [0.25, 0.3) is 0 Å². The van der Waals surface area contributed by atoms with Gasteiger partial charge in [-0.2, -0.15) is 0 Å².